The summed E-state index contributed by atoms with van der Waals surface area (Å²) in [4.78, 5) is 24.1. The molecule has 162 valence electrons. The van der Waals surface area contributed by atoms with Crippen LogP contribution in [-0.4, -0.2) is 15.9 Å². The number of aromatic nitrogens is 2. The summed E-state index contributed by atoms with van der Waals surface area (Å²) >= 11 is 1.26. The van der Waals surface area contributed by atoms with Crippen molar-refractivity contribution < 1.29 is 13.9 Å². The molecule has 0 bridgehead atoms. The van der Waals surface area contributed by atoms with Gasteiger partial charge in [-0.05, 0) is 60.7 Å². The number of hydrogen-bond acceptors (Lipinski definition) is 5. The number of anilines is 1. The van der Waals surface area contributed by atoms with Crippen LogP contribution in [0.15, 0.2) is 97.2 Å². The van der Waals surface area contributed by atoms with Gasteiger partial charge in [0.2, 0.25) is 0 Å². The number of carbonyl (C=O) groups excluding carboxylic acids is 1. The molecule has 0 spiro atoms. The minimum atomic E-state index is -0.342. The van der Waals surface area contributed by atoms with Crippen LogP contribution in [0.25, 0.3) is 10.2 Å². The Bertz CT molecular complexity index is 1410. The lowest BCUT2D eigenvalue weighted by Gasteiger charge is -2.20. The smallest absolute Gasteiger partial charge is 0.260 e. The SMILES string of the molecule is O=C(c1cccc(Oc2ccccc2)c1)N(Cc1ccccn1)c1nc2ccc(F)cc2s1. The molecule has 7 heteroatoms. The number of amides is 1. The number of benzene rings is 3. The van der Waals surface area contributed by atoms with Crippen molar-refractivity contribution in [1.82, 2.24) is 9.97 Å². The minimum absolute atomic E-state index is 0.228. The standard InChI is InChI=1S/C26H18FN3O2S/c27-19-12-13-23-24(16-19)33-26(29-23)30(17-20-8-4-5-14-28-20)25(31)18-7-6-11-22(15-18)32-21-9-2-1-3-10-21/h1-16H,17H2. The van der Waals surface area contributed by atoms with E-state index in [1.54, 1.807) is 41.4 Å². The predicted molar refractivity (Wildman–Crippen MR) is 127 cm³/mol. The molecule has 0 aliphatic rings. The minimum Gasteiger partial charge on any atom is -0.457 e. The lowest BCUT2D eigenvalue weighted by Crippen LogP contribution is -2.30. The summed E-state index contributed by atoms with van der Waals surface area (Å²) in [5, 5.41) is 0.473. The molecule has 2 aromatic heterocycles. The Morgan fingerprint density at radius 3 is 2.55 bits per heavy atom. The zero-order valence-corrected chi connectivity index (χ0v) is 18.2. The monoisotopic (exact) mass is 455 g/mol. The maximum absolute atomic E-state index is 13.7. The molecular formula is C26H18FN3O2S. The van der Waals surface area contributed by atoms with Crippen molar-refractivity contribution in [1.29, 1.82) is 0 Å². The van der Waals surface area contributed by atoms with Gasteiger partial charge in [0.05, 0.1) is 22.5 Å². The molecule has 0 aliphatic carbocycles. The maximum Gasteiger partial charge on any atom is 0.260 e. The predicted octanol–water partition coefficient (Wildman–Crippen LogP) is 6.47. The van der Waals surface area contributed by atoms with Crippen LogP contribution in [-0.2, 0) is 6.54 Å². The van der Waals surface area contributed by atoms with Crippen molar-refractivity contribution in [3.63, 3.8) is 0 Å². The summed E-state index contributed by atoms with van der Waals surface area (Å²) in [6, 6.07) is 26.3. The molecule has 2 heterocycles. The van der Waals surface area contributed by atoms with Gasteiger partial charge in [-0.1, -0.05) is 41.7 Å². The molecule has 5 rings (SSSR count). The van der Waals surface area contributed by atoms with Gasteiger partial charge in [0.15, 0.2) is 5.13 Å². The van der Waals surface area contributed by atoms with E-state index < -0.39 is 0 Å². The highest BCUT2D eigenvalue weighted by Crippen LogP contribution is 2.32. The topological polar surface area (TPSA) is 55.3 Å². The lowest BCUT2D eigenvalue weighted by molar-refractivity contribution is 0.0984. The summed E-state index contributed by atoms with van der Waals surface area (Å²) in [6.45, 7) is 0.228. The fourth-order valence-corrected chi connectivity index (χ4v) is 4.34. The second-order valence-corrected chi connectivity index (χ2v) is 8.27. The highest BCUT2D eigenvalue weighted by atomic mass is 32.1. The molecule has 0 saturated heterocycles. The van der Waals surface area contributed by atoms with Gasteiger partial charge < -0.3 is 4.74 Å². The maximum atomic E-state index is 13.7. The number of hydrogen-bond donors (Lipinski definition) is 0. The number of para-hydroxylation sites is 1. The molecule has 0 saturated carbocycles. The van der Waals surface area contributed by atoms with E-state index in [4.69, 9.17) is 4.74 Å². The summed E-state index contributed by atoms with van der Waals surface area (Å²) in [6.07, 6.45) is 1.68. The van der Waals surface area contributed by atoms with Crippen molar-refractivity contribution in [2.24, 2.45) is 0 Å². The molecular weight excluding hydrogens is 437 g/mol. The molecule has 0 fully saturated rings. The molecule has 0 radical (unpaired) electrons. The Morgan fingerprint density at radius 1 is 0.909 bits per heavy atom. The van der Waals surface area contributed by atoms with Crippen LogP contribution < -0.4 is 9.64 Å². The van der Waals surface area contributed by atoms with Crippen LogP contribution in [0.5, 0.6) is 11.5 Å². The van der Waals surface area contributed by atoms with E-state index >= 15 is 0 Å². The van der Waals surface area contributed by atoms with E-state index in [1.165, 1.54) is 23.5 Å². The van der Waals surface area contributed by atoms with Gasteiger partial charge in [0.1, 0.15) is 17.3 Å². The van der Waals surface area contributed by atoms with Crippen LogP contribution in [0.3, 0.4) is 0 Å². The van der Waals surface area contributed by atoms with E-state index in [2.05, 4.69) is 9.97 Å². The number of ether oxygens (including phenoxy) is 1. The van der Waals surface area contributed by atoms with Crippen LogP contribution in [0, 0.1) is 5.82 Å². The number of thiazole rings is 1. The summed E-state index contributed by atoms with van der Waals surface area (Å²) in [5.41, 5.74) is 1.80. The third-order valence-corrected chi connectivity index (χ3v) is 5.96. The average Bonchev–Trinajstić information content (AvgIpc) is 3.26. The molecule has 0 N–H and O–H groups in total. The molecule has 5 nitrogen and oxygen atoms in total. The van der Waals surface area contributed by atoms with Crippen LogP contribution >= 0.6 is 11.3 Å². The van der Waals surface area contributed by atoms with Crippen LogP contribution in [0.1, 0.15) is 16.1 Å². The van der Waals surface area contributed by atoms with E-state index in [9.17, 15) is 9.18 Å². The van der Waals surface area contributed by atoms with Crippen molar-refractivity contribution >= 4 is 32.6 Å². The van der Waals surface area contributed by atoms with E-state index in [0.717, 1.165) is 0 Å². The normalized spacial score (nSPS) is 10.8. The number of pyridine rings is 1. The first kappa shape index (κ1) is 20.8. The molecule has 0 atom stereocenters. The quantitative estimate of drug-likeness (QED) is 0.294. The number of carbonyl (C=O) groups is 1. The zero-order chi connectivity index (χ0) is 22.6. The number of fused-ring (bicyclic) bond motifs is 1. The second-order valence-electron chi connectivity index (χ2n) is 7.26. The number of nitrogens with zero attached hydrogens (tertiary/aromatic N) is 3. The average molecular weight is 456 g/mol. The third-order valence-electron chi connectivity index (χ3n) is 4.92. The second kappa shape index (κ2) is 9.18. The fourth-order valence-electron chi connectivity index (χ4n) is 3.35. The first-order valence-corrected chi connectivity index (χ1v) is 11.1. The molecule has 3 aromatic carbocycles. The van der Waals surface area contributed by atoms with Crippen LogP contribution in [0.4, 0.5) is 9.52 Å². The van der Waals surface area contributed by atoms with E-state index in [1.807, 2.05) is 48.5 Å². The first-order valence-electron chi connectivity index (χ1n) is 10.3. The Balaban J connectivity index is 1.50. The summed E-state index contributed by atoms with van der Waals surface area (Å²) in [7, 11) is 0. The van der Waals surface area contributed by atoms with E-state index in [-0.39, 0.29) is 18.3 Å². The first-order chi connectivity index (χ1) is 16.2. The van der Waals surface area contributed by atoms with Gasteiger partial charge in [-0.25, -0.2) is 9.37 Å². The number of halogens is 1. The van der Waals surface area contributed by atoms with Crippen molar-refractivity contribution in [3.05, 3.63) is 114 Å². The Hall–Kier alpha value is -4.10. The highest BCUT2D eigenvalue weighted by Gasteiger charge is 2.23. The molecule has 33 heavy (non-hydrogen) atoms. The lowest BCUT2D eigenvalue weighted by atomic mass is 10.2. The van der Waals surface area contributed by atoms with Crippen LogP contribution in [0.2, 0.25) is 0 Å². The molecule has 5 aromatic rings. The highest BCUT2D eigenvalue weighted by molar-refractivity contribution is 7.22. The van der Waals surface area contributed by atoms with Crippen molar-refractivity contribution in [2.45, 2.75) is 6.54 Å². The number of rotatable bonds is 6. The van der Waals surface area contributed by atoms with Gasteiger partial charge in [-0.2, -0.15) is 0 Å². The van der Waals surface area contributed by atoms with Crippen molar-refractivity contribution in [3.8, 4) is 11.5 Å². The van der Waals surface area contributed by atoms with Crippen molar-refractivity contribution in [2.75, 3.05) is 4.90 Å². The van der Waals surface area contributed by atoms with Gasteiger partial charge >= 0.3 is 0 Å². The molecule has 0 aliphatic heterocycles. The molecule has 1 amide bonds. The Kier molecular flexibility index (Phi) is 5.78. The zero-order valence-electron chi connectivity index (χ0n) is 17.4. The summed E-state index contributed by atoms with van der Waals surface area (Å²) < 4.78 is 20.3. The van der Waals surface area contributed by atoms with Gasteiger partial charge in [0.25, 0.3) is 5.91 Å². The fraction of sp³-hybridized carbons (Fsp3) is 0.0385. The largest absolute Gasteiger partial charge is 0.457 e. The summed E-state index contributed by atoms with van der Waals surface area (Å²) in [5.74, 6) is 0.640. The Labute approximate surface area is 193 Å². The van der Waals surface area contributed by atoms with Gasteiger partial charge in [0, 0.05) is 11.8 Å². The van der Waals surface area contributed by atoms with Gasteiger partial charge in [-0.3, -0.25) is 14.7 Å². The Morgan fingerprint density at radius 2 is 1.73 bits per heavy atom. The van der Waals surface area contributed by atoms with Gasteiger partial charge in [-0.15, -0.1) is 0 Å². The molecule has 0 unspecified atom stereocenters. The third kappa shape index (κ3) is 4.73. The van der Waals surface area contributed by atoms with E-state index in [0.29, 0.717) is 38.1 Å².